The summed E-state index contributed by atoms with van der Waals surface area (Å²) < 4.78 is 103. The van der Waals surface area contributed by atoms with Gasteiger partial charge in [-0.25, -0.2) is 0 Å². The van der Waals surface area contributed by atoms with E-state index < -0.39 is 38.5 Å². The lowest BCUT2D eigenvalue weighted by molar-refractivity contribution is -0.117. The minimum Gasteiger partial charge on any atom is -0.382 e. The van der Waals surface area contributed by atoms with Crippen molar-refractivity contribution in [1.82, 2.24) is 0 Å². The van der Waals surface area contributed by atoms with Gasteiger partial charge < -0.3 is 33.2 Å². The zero-order valence-corrected chi connectivity index (χ0v) is 31.0. The van der Waals surface area contributed by atoms with E-state index in [2.05, 4.69) is 13.8 Å². The SMILES string of the molecule is CCCCCCCCOCC(COCC(COC)OCC(COCCCCCCCC)OCCCS(=O)(=O)O)OCCCS(=O)(=O)O. The topological polar surface area (TPSA) is 173 Å². The molecule has 0 spiro atoms. The summed E-state index contributed by atoms with van der Waals surface area (Å²) in [5.41, 5.74) is 0. The molecule has 0 aromatic carbocycles. The average molecular weight is 723 g/mol. The van der Waals surface area contributed by atoms with Crippen LogP contribution in [0.15, 0.2) is 0 Å². The Hall–Kier alpha value is -0.460. The number of ether oxygens (including phenoxy) is 7. The summed E-state index contributed by atoms with van der Waals surface area (Å²) in [6, 6.07) is 0. The lowest BCUT2D eigenvalue weighted by Gasteiger charge is -2.24. The lowest BCUT2D eigenvalue weighted by atomic mass is 10.1. The fourth-order valence-electron chi connectivity index (χ4n) is 4.57. The van der Waals surface area contributed by atoms with Crippen molar-refractivity contribution < 1.29 is 59.1 Å². The molecule has 0 aliphatic carbocycles. The Bertz CT molecular complexity index is 887. The van der Waals surface area contributed by atoms with Gasteiger partial charge >= 0.3 is 0 Å². The van der Waals surface area contributed by atoms with Crippen LogP contribution in [0.2, 0.25) is 0 Å². The molecule has 0 aromatic rings. The van der Waals surface area contributed by atoms with E-state index in [1.807, 2.05) is 0 Å². The molecule has 0 aliphatic rings. The number of hydrogen-bond donors (Lipinski definition) is 2. The molecule has 13 nitrogen and oxygen atoms in total. The van der Waals surface area contributed by atoms with Crippen LogP contribution in [0.1, 0.15) is 104 Å². The van der Waals surface area contributed by atoms with Crippen LogP contribution in [0.4, 0.5) is 0 Å². The highest BCUT2D eigenvalue weighted by molar-refractivity contribution is 7.86. The first-order valence-corrected chi connectivity index (χ1v) is 20.7. The fourth-order valence-corrected chi connectivity index (χ4v) is 5.54. The number of unbranched alkanes of at least 4 members (excludes halogenated alkanes) is 10. The van der Waals surface area contributed by atoms with Crippen LogP contribution in [0.3, 0.4) is 0 Å². The molecule has 3 atom stereocenters. The Balaban J connectivity index is 4.83. The maximum Gasteiger partial charge on any atom is 0.264 e. The van der Waals surface area contributed by atoms with E-state index in [0.717, 1.165) is 25.7 Å². The van der Waals surface area contributed by atoms with Crippen LogP contribution in [0.5, 0.6) is 0 Å². The molecule has 0 radical (unpaired) electrons. The molecule has 0 fully saturated rings. The molecule has 15 heteroatoms. The lowest BCUT2D eigenvalue weighted by Crippen LogP contribution is -2.34. The molecule has 0 heterocycles. The van der Waals surface area contributed by atoms with Crippen LogP contribution in [-0.2, 0) is 53.4 Å². The summed E-state index contributed by atoms with van der Waals surface area (Å²) in [5, 5.41) is 0. The van der Waals surface area contributed by atoms with Gasteiger partial charge in [0.05, 0.1) is 51.1 Å². The number of rotatable bonds is 37. The molecule has 0 aliphatic heterocycles. The van der Waals surface area contributed by atoms with Crippen LogP contribution in [-0.4, -0.2) is 129 Å². The van der Waals surface area contributed by atoms with Gasteiger partial charge in [-0.15, -0.1) is 0 Å². The summed E-state index contributed by atoms with van der Waals surface area (Å²) in [7, 11) is -6.57. The van der Waals surface area contributed by atoms with E-state index in [0.29, 0.717) is 13.2 Å². The molecule has 0 rings (SSSR count). The molecule has 47 heavy (non-hydrogen) atoms. The molecule has 3 unspecified atom stereocenters. The van der Waals surface area contributed by atoms with E-state index in [-0.39, 0.29) is 77.2 Å². The van der Waals surface area contributed by atoms with Gasteiger partial charge in [-0.3, -0.25) is 9.11 Å². The van der Waals surface area contributed by atoms with E-state index in [1.54, 1.807) is 7.11 Å². The monoisotopic (exact) mass is 722 g/mol. The summed E-state index contributed by atoms with van der Waals surface area (Å²) in [6.07, 6.45) is 12.7. The third-order valence-electron chi connectivity index (χ3n) is 7.17. The van der Waals surface area contributed by atoms with Gasteiger partial charge in [0.1, 0.15) is 18.3 Å². The maximum absolute atomic E-state index is 11.1. The summed E-state index contributed by atoms with van der Waals surface area (Å²) in [4.78, 5) is 0. The zero-order valence-electron chi connectivity index (χ0n) is 29.3. The first-order valence-electron chi connectivity index (χ1n) is 17.5. The second-order valence-corrected chi connectivity index (χ2v) is 15.0. The quantitative estimate of drug-likeness (QED) is 0.0640. The fraction of sp³-hybridized carbons (Fsp3) is 1.00. The Morgan fingerprint density at radius 1 is 0.447 bits per heavy atom. The van der Waals surface area contributed by atoms with Crippen LogP contribution >= 0.6 is 0 Å². The van der Waals surface area contributed by atoms with Gasteiger partial charge in [0, 0.05) is 33.5 Å². The smallest absolute Gasteiger partial charge is 0.264 e. The molecule has 0 bridgehead atoms. The molecular formula is C32H66O13S2. The van der Waals surface area contributed by atoms with Crippen molar-refractivity contribution in [2.24, 2.45) is 0 Å². The molecule has 0 saturated carbocycles. The van der Waals surface area contributed by atoms with Gasteiger partial charge in [0.2, 0.25) is 0 Å². The maximum atomic E-state index is 11.1. The first kappa shape index (κ1) is 46.5. The highest BCUT2D eigenvalue weighted by Gasteiger charge is 2.18. The Morgan fingerprint density at radius 2 is 0.830 bits per heavy atom. The highest BCUT2D eigenvalue weighted by atomic mass is 32.2. The first-order chi connectivity index (χ1) is 22.5. The minimum atomic E-state index is -4.07. The van der Waals surface area contributed by atoms with Gasteiger partial charge in [0.25, 0.3) is 20.2 Å². The van der Waals surface area contributed by atoms with Crippen molar-refractivity contribution in [2.75, 3.05) is 84.7 Å². The standard InChI is InChI=1S/C32H66O13S2/c1-4-6-8-10-12-14-18-40-25-31(43-20-16-22-46(33,34)35)28-42-27-30(24-39-3)45-29-32(44-21-17-23-47(36,37)38)26-41-19-15-13-11-9-7-5-2/h30-32H,4-29H2,1-3H3,(H,33,34,35)(H,36,37,38). The minimum absolute atomic E-state index is 0.120. The molecule has 0 amide bonds. The third kappa shape index (κ3) is 35.2. The second kappa shape index (κ2) is 31.5. The van der Waals surface area contributed by atoms with Crippen molar-refractivity contribution >= 4 is 20.2 Å². The predicted octanol–water partition coefficient (Wildman–Crippen LogP) is 5.12. The van der Waals surface area contributed by atoms with E-state index in [9.17, 15) is 16.8 Å². The zero-order chi connectivity index (χ0) is 35.1. The van der Waals surface area contributed by atoms with Gasteiger partial charge in [0.15, 0.2) is 0 Å². The largest absolute Gasteiger partial charge is 0.382 e. The molecule has 0 aromatic heterocycles. The van der Waals surface area contributed by atoms with Crippen LogP contribution < -0.4 is 0 Å². The summed E-state index contributed by atoms with van der Waals surface area (Å²) in [5.74, 6) is -0.772. The Morgan fingerprint density at radius 3 is 1.26 bits per heavy atom. The molecule has 284 valence electrons. The summed E-state index contributed by atoms with van der Waals surface area (Å²) in [6.45, 7) is 7.15. The predicted molar refractivity (Wildman–Crippen MR) is 182 cm³/mol. The van der Waals surface area contributed by atoms with E-state index >= 15 is 0 Å². The normalized spacial score (nSPS) is 14.4. The van der Waals surface area contributed by atoms with Gasteiger partial charge in [-0.1, -0.05) is 78.1 Å². The molecule has 0 saturated heterocycles. The Labute approximate surface area is 285 Å². The van der Waals surface area contributed by atoms with Crippen molar-refractivity contribution in [1.29, 1.82) is 0 Å². The van der Waals surface area contributed by atoms with Crippen molar-refractivity contribution in [2.45, 2.75) is 122 Å². The van der Waals surface area contributed by atoms with Gasteiger partial charge in [-0.05, 0) is 25.7 Å². The van der Waals surface area contributed by atoms with Crippen LogP contribution in [0, 0.1) is 0 Å². The third-order valence-corrected chi connectivity index (χ3v) is 8.78. The number of hydrogen-bond acceptors (Lipinski definition) is 11. The highest BCUT2D eigenvalue weighted by Crippen LogP contribution is 2.09. The van der Waals surface area contributed by atoms with E-state index in [1.165, 1.54) is 51.4 Å². The summed E-state index contributed by atoms with van der Waals surface area (Å²) >= 11 is 0. The Kier molecular flexibility index (Phi) is 31.2. The van der Waals surface area contributed by atoms with Crippen molar-refractivity contribution in [3.63, 3.8) is 0 Å². The second-order valence-electron chi connectivity index (χ2n) is 11.9. The van der Waals surface area contributed by atoms with Crippen molar-refractivity contribution in [3.8, 4) is 0 Å². The number of methoxy groups -OCH3 is 1. The average Bonchev–Trinajstić information content (AvgIpc) is 3.00. The van der Waals surface area contributed by atoms with Crippen LogP contribution in [0.25, 0.3) is 0 Å². The van der Waals surface area contributed by atoms with Gasteiger partial charge in [-0.2, -0.15) is 16.8 Å². The molecular weight excluding hydrogens is 656 g/mol. The molecule has 2 N–H and O–H groups in total. The van der Waals surface area contributed by atoms with Crippen molar-refractivity contribution in [3.05, 3.63) is 0 Å². The van der Waals surface area contributed by atoms with E-state index in [4.69, 9.17) is 42.3 Å².